The molecule has 0 N–H and O–H groups in total. The monoisotopic (exact) mass is 405 g/mol. The summed E-state index contributed by atoms with van der Waals surface area (Å²) in [6, 6.07) is 5.86. The van der Waals surface area contributed by atoms with Crippen molar-refractivity contribution in [2.75, 3.05) is 13.2 Å². The number of hydrogen-bond donors (Lipinski definition) is 0. The van der Waals surface area contributed by atoms with E-state index in [-0.39, 0.29) is 5.91 Å². The minimum atomic E-state index is 0.0746. The average molecular weight is 406 g/mol. The number of fused-ring (bicyclic) bond motifs is 2. The molecular weight excluding hydrogens is 390 g/mol. The molecule has 3 aromatic rings. The summed E-state index contributed by atoms with van der Waals surface area (Å²) in [5.74, 6) is 0.920. The van der Waals surface area contributed by atoms with Gasteiger partial charge in [0.1, 0.15) is 12.4 Å². The lowest BCUT2D eigenvalue weighted by Gasteiger charge is -2.19. The molecular formula is C17H16BrN3O2S. The molecule has 0 bridgehead atoms. The summed E-state index contributed by atoms with van der Waals surface area (Å²) in [6.07, 6.45) is 2.27. The van der Waals surface area contributed by atoms with Crippen molar-refractivity contribution in [3.63, 3.8) is 0 Å². The van der Waals surface area contributed by atoms with Crippen molar-refractivity contribution in [1.82, 2.24) is 14.3 Å². The number of imidazole rings is 1. The van der Waals surface area contributed by atoms with Crippen molar-refractivity contribution in [2.24, 2.45) is 0 Å². The number of nitrogens with zero attached hydrogens (tertiary/aromatic N) is 3. The normalized spacial score (nSPS) is 14.3. The molecule has 3 heterocycles. The van der Waals surface area contributed by atoms with Gasteiger partial charge < -0.3 is 9.64 Å². The van der Waals surface area contributed by atoms with Crippen LogP contribution in [0.5, 0.6) is 5.75 Å². The van der Waals surface area contributed by atoms with Crippen LogP contribution >= 0.6 is 27.3 Å². The van der Waals surface area contributed by atoms with Gasteiger partial charge in [-0.2, -0.15) is 0 Å². The van der Waals surface area contributed by atoms with Gasteiger partial charge in [0, 0.05) is 27.3 Å². The first-order chi connectivity index (χ1) is 11.6. The second-order valence-electron chi connectivity index (χ2n) is 5.82. The van der Waals surface area contributed by atoms with Crippen LogP contribution in [-0.4, -0.2) is 33.3 Å². The Bertz CT molecular complexity index is 918. The maximum atomic E-state index is 12.7. The topological polar surface area (TPSA) is 46.8 Å². The number of benzene rings is 1. The van der Waals surface area contributed by atoms with Crippen molar-refractivity contribution in [3.8, 4) is 5.75 Å². The fraction of sp³-hybridized carbons (Fsp3) is 0.294. The van der Waals surface area contributed by atoms with E-state index in [2.05, 4.69) is 26.3 Å². The molecule has 4 rings (SSSR count). The van der Waals surface area contributed by atoms with Crippen molar-refractivity contribution >= 4 is 38.1 Å². The maximum absolute atomic E-state index is 12.7. The third kappa shape index (κ3) is 2.82. The number of hydrogen-bond acceptors (Lipinski definition) is 4. The molecule has 0 saturated carbocycles. The summed E-state index contributed by atoms with van der Waals surface area (Å²) in [5.41, 5.74) is 2.97. The first kappa shape index (κ1) is 15.7. The Hall–Kier alpha value is -1.86. The Morgan fingerprint density at radius 1 is 1.46 bits per heavy atom. The zero-order valence-electron chi connectivity index (χ0n) is 13.2. The molecule has 7 heteroatoms. The predicted molar refractivity (Wildman–Crippen MR) is 96.6 cm³/mol. The quantitative estimate of drug-likeness (QED) is 0.655. The zero-order valence-corrected chi connectivity index (χ0v) is 15.6. The van der Waals surface area contributed by atoms with Crippen LogP contribution in [0.15, 0.2) is 34.2 Å². The van der Waals surface area contributed by atoms with Crippen molar-refractivity contribution in [2.45, 2.75) is 19.9 Å². The number of carbonyl (C=O) groups excluding carboxylic acids is 1. The largest absolute Gasteiger partial charge is 0.491 e. The van der Waals surface area contributed by atoms with Gasteiger partial charge in [0.25, 0.3) is 0 Å². The van der Waals surface area contributed by atoms with Crippen LogP contribution in [0.4, 0.5) is 0 Å². The van der Waals surface area contributed by atoms with E-state index in [1.54, 1.807) is 11.3 Å². The summed E-state index contributed by atoms with van der Waals surface area (Å²) in [6.45, 7) is 3.68. The van der Waals surface area contributed by atoms with E-state index in [4.69, 9.17) is 4.74 Å². The summed E-state index contributed by atoms with van der Waals surface area (Å²) in [7, 11) is 0. The summed E-state index contributed by atoms with van der Waals surface area (Å²) < 4.78 is 8.77. The minimum absolute atomic E-state index is 0.0746. The summed E-state index contributed by atoms with van der Waals surface area (Å²) in [4.78, 5) is 20.1. The molecule has 5 nitrogen and oxygen atoms in total. The van der Waals surface area contributed by atoms with Gasteiger partial charge in [-0.25, -0.2) is 4.98 Å². The number of aromatic nitrogens is 2. The lowest BCUT2D eigenvalue weighted by Crippen LogP contribution is -2.33. The van der Waals surface area contributed by atoms with Gasteiger partial charge in [-0.1, -0.05) is 22.0 Å². The molecule has 0 radical (unpaired) electrons. The lowest BCUT2D eigenvalue weighted by atomic mass is 10.2. The molecule has 0 aliphatic carbocycles. The van der Waals surface area contributed by atoms with Gasteiger partial charge in [-0.05, 0) is 19.1 Å². The number of ether oxygens (including phenoxy) is 1. The lowest BCUT2D eigenvalue weighted by molar-refractivity contribution is -0.131. The van der Waals surface area contributed by atoms with Crippen LogP contribution < -0.4 is 4.74 Å². The van der Waals surface area contributed by atoms with E-state index in [1.807, 2.05) is 40.6 Å². The number of amides is 1. The molecule has 24 heavy (non-hydrogen) atoms. The van der Waals surface area contributed by atoms with Gasteiger partial charge in [-0.15, -0.1) is 11.3 Å². The zero-order chi connectivity index (χ0) is 16.7. The number of halogens is 1. The SMILES string of the molecule is Cc1csc2nc(CC(=O)N3CCOc4cccc(Br)c4C3)cn12. The van der Waals surface area contributed by atoms with Gasteiger partial charge in [-0.3, -0.25) is 9.20 Å². The summed E-state index contributed by atoms with van der Waals surface area (Å²) >= 11 is 5.15. The van der Waals surface area contributed by atoms with E-state index in [0.717, 1.165) is 32.1 Å². The van der Waals surface area contributed by atoms with E-state index >= 15 is 0 Å². The number of thiazole rings is 1. The van der Waals surface area contributed by atoms with Gasteiger partial charge >= 0.3 is 0 Å². The minimum Gasteiger partial charge on any atom is -0.491 e. The van der Waals surface area contributed by atoms with Crippen molar-refractivity contribution in [1.29, 1.82) is 0 Å². The summed E-state index contributed by atoms with van der Waals surface area (Å²) in [5, 5.41) is 2.06. The predicted octanol–water partition coefficient (Wildman–Crippen LogP) is 3.43. The second-order valence-corrected chi connectivity index (χ2v) is 7.51. The molecule has 0 unspecified atom stereocenters. The van der Waals surface area contributed by atoms with Gasteiger partial charge in [0.2, 0.25) is 5.91 Å². The van der Waals surface area contributed by atoms with Crippen LogP contribution in [0.3, 0.4) is 0 Å². The van der Waals surface area contributed by atoms with Crippen LogP contribution in [0.1, 0.15) is 17.0 Å². The van der Waals surface area contributed by atoms with Crippen LogP contribution in [-0.2, 0) is 17.8 Å². The molecule has 1 aliphatic heterocycles. The molecule has 124 valence electrons. The molecule has 0 spiro atoms. The number of rotatable bonds is 2. The van der Waals surface area contributed by atoms with Crippen LogP contribution in [0.2, 0.25) is 0 Å². The fourth-order valence-corrected chi connectivity index (χ4v) is 4.21. The molecule has 1 amide bonds. The Balaban J connectivity index is 1.54. The third-order valence-electron chi connectivity index (χ3n) is 4.17. The van der Waals surface area contributed by atoms with E-state index in [0.29, 0.717) is 26.1 Å². The Morgan fingerprint density at radius 2 is 2.33 bits per heavy atom. The number of carbonyl (C=O) groups is 1. The smallest absolute Gasteiger partial charge is 0.229 e. The van der Waals surface area contributed by atoms with E-state index in [9.17, 15) is 4.79 Å². The van der Waals surface area contributed by atoms with E-state index in [1.165, 1.54) is 0 Å². The molecule has 1 aromatic carbocycles. The second kappa shape index (κ2) is 6.22. The van der Waals surface area contributed by atoms with Crippen molar-refractivity contribution in [3.05, 3.63) is 51.2 Å². The standard InChI is InChI=1S/C17H16BrN3O2S/c1-11-10-24-17-19-12(8-21(11)17)7-16(22)20-5-6-23-15-4-2-3-14(18)13(15)9-20/h2-4,8,10H,5-7,9H2,1H3. The van der Waals surface area contributed by atoms with Crippen molar-refractivity contribution < 1.29 is 9.53 Å². The van der Waals surface area contributed by atoms with Gasteiger partial charge in [0.05, 0.1) is 25.2 Å². The molecule has 1 aliphatic rings. The highest BCUT2D eigenvalue weighted by atomic mass is 79.9. The third-order valence-corrected chi connectivity index (χ3v) is 5.87. The number of aryl methyl sites for hydroxylation is 1. The molecule has 0 saturated heterocycles. The highest BCUT2D eigenvalue weighted by Gasteiger charge is 2.22. The average Bonchev–Trinajstić information content (AvgIpc) is 3.01. The van der Waals surface area contributed by atoms with Gasteiger partial charge in [0.15, 0.2) is 4.96 Å². The van der Waals surface area contributed by atoms with E-state index < -0.39 is 0 Å². The molecule has 0 fully saturated rings. The highest BCUT2D eigenvalue weighted by molar-refractivity contribution is 9.10. The molecule has 2 aromatic heterocycles. The Kier molecular flexibility index (Phi) is 4.05. The fourth-order valence-electron chi connectivity index (χ4n) is 2.87. The Morgan fingerprint density at radius 3 is 3.17 bits per heavy atom. The molecule has 0 atom stereocenters. The van der Waals surface area contributed by atoms with Crippen LogP contribution in [0.25, 0.3) is 4.96 Å². The Labute approximate surface area is 152 Å². The first-order valence-corrected chi connectivity index (χ1v) is 9.39. The van der Waals surface area contributed by atoms with Crippen LogP contribution in [0, 0.1) is 6.92 Å². The maximum Gasteiger partial charge on any atom is 0.229 e. The highest BCUT2D eigenvalue weighted by Crippen LogP contribution is 2.30. The first-order valence-electron chi connectivity index (χ1n) is 7.72.